The predicted molar refractivity (Wildman–Crippen MR) is 78.1 cm³/mol. The SMILES string of the molecule is CC1c2ccccc2N=C(N)N1Cc1ccccc1. The average molecular weight is 251 g/mol. The molecule has 0 saturated heterocycles. The lowest BCUT2D eigenvalue weighted by Crippen LogP contribution is -2.40. The molecule has 1 atom stereocenters. The van der Waals surface area contributed by atoms with Crippen LogP contribution in [0.25, 0.3) is 0 Å². The number of fused-ring (bicyclic) bond motifs is 1. The van der Waals surface area contributed by atoms with Crippen LogP contribution in [0.3, 0.4) is 0 Å². The van der Waals surface area contributed by atoms with Gasteiger partial charge >= 0.3 is 0 Å². The van der Waals surface area contributed by atoms with E-state index < -0.39 is 0 Å². The molecule has 1 aliphatic heterocycles. The molecular weight excluding hydrogens is 234 g/mol. The van der Waals surface area contributed by atoms with Gasteiger partial charge in [0.05, 0.1) is 11.7 Å². The number of benzene rings is 2. The molecule has 96 valence electrons. The van der Waals surface area contributed by atoms with Crippen molar-refractivity contribution in [1.29, 1.82) is 0 Å². The summed E-state index contributed by atoms with van der Waals surface area (Å²) in [7, 11) is 0. The molecule has 1 aliphatic rings. The third kappa shape index (κ3) is 2.19. The van der Waals surface area contributed by atoms with Crippen molar-refractivity contribution in [1.82, 2.24) is 4.90 Å². The van der Waals surface area contributed by atoms with E-state index in [1.54, 1.807) is 0 Å². The fourth-order valence-corrected chi connectivity index (χ4v) is 2.49. The highest BCUT2D eigenvalue weighted by Gasteiger charge is 2.24. The smallest absolute Gasteiger partial charge is 0.197 e. The number of para-hydroxylation sites is 1. The molecule has 1 unspecified atom stereocenters. The summed E-state index contributed by atoms with van der Waals surface area (Å²) < 4.78 is 0. The number of hydrogen-bond acceptors (Lipinski definition) is 3. The Bertz CT molecular complexity index is 604. The van der Waals surface area contributed by atoms with Gasteiger partial charge < -0.3 is 10.6 Å². The summed E-state index contributed by atoms with van der Waals surface area (Å²) in [5.41, 5.74) is 9.56. The van der Waals surface area contributed by atoms with Crippen LogP contribution in [0, 0.1) is 0 Å². The van der Waals surface area contributed by atoms with Gasteiger partial charge in [0, 0.05) is 12.1 Å². The van der Waals surface area contributed by atoms with Crippen molar-refractivity contribution in [3.8, 4) is 0 Å². The van der Waals surface area contributed by atoms with Crippen molar-refractivity contribution >= 4 is 11.6 Å². The molecule has 0 aromatic heterocycles. The second-order valence-electron chi connectivity index (χ2n) is 4.82. The minimum Gasteiger partial charge on any atom is -0.369 e. The fraction of sp³-hybridized carbons (Fsp3) is 0.188. The summed E-state index contributed by atoms with van der Waals surface area (Å²) in [6.07, 6.45) is 0. The van der Waals surface area contributed by atoms with Gasteiger partial charge in [-0.3, -0.25) is 0 Å². The topological polar surface area (TPSA) is 41.6 Å². The first kappa shape index (κ1) is 11.8. The third-order valence-electron chi connectivity index (χ3n) is 3.58. The zero-order valence-corrected chi connectivity index (χ0v) is 11.0. The molecule has 0 aliphatic carbocycles. The Hall–Kier alpha value is -2.29. The molecule has 2 aromatic rings. The Balaban J connectivity index is 1.92. The summed E-state index contributed by atoms with van der Waals surface area (Å²) >= 11 is 0. The minimum absolute atomic E-state index is 0.244. The molecule has 0 saturated carbocycles. The second kappa shape index (κ2) is 4.76. The first-order valence-electron chi connectivity index (χ1n) is 6.49. The van der Waals surface area contributed by atoms with Crippen molar-refractivity contribution in [2.45, 2.75) is 19.5 Å². The molecular formula is C16H17N3. The molecule has 3 rings (SSSR count). The van der Waals surface area contributed by atoms with Crippen molar-refractivity contribution in [3.63, 3.8) is 0 Å². The quantitative estimate of drug-likeness (QED) is 0.890. The monoisotopic (exact) mass is 251 g/mol. The Labute approximate surface area is 113 Å². The van der Waals surface area contributed by atoms with Gasteiger partial charge in [0.2, 0.25) is 0 Å². The fourth-order valence-electron chi connectivity index (χ4n) is 2.49. The molecule has 0 spiro atoms. The van der Waals surface area contributed by atoms with Crippen LogP contribution in [0.1, 0.15) is 24.1 Å². The van der Waals surface area contributed by atoms with Gasteiger partial charge in [-0.2, -0.15) is 0 Å². The van der Waals surface area contributed by atoms with Crippen LogP contribution in [-0.2, 0) is 6.54 Å². The number of aliphatic imine (C=N–C) groups is 1. The zero-order chi connectivity index (χ0) is 13.2. The van der Waals surface area contributed by atoms with Crippen molar-refractivity contribution < 1.29 is 0 Å². The largest absolute Gasteiger partial charge is 0.369 e. The predicted octanol–water partition coefficient (Wildman–Crippen LogP) is 3.21. The maximum atomic E-state index is 6.11. The van der Waals surface area contributed by atoms with Gasteiger partial charge in [-0.1, -0.05) is 48.5 Å². The molecule has 3 heteroatoms. The van der Waals surface area contributed by atoms with Crippen molar-refractivity contribution in [2.75, 3.05) is 0 Å². The highest BCUT2D eigenvalue weighted by molar-refractivity contribution is 5.84. The summed E-state index contributed by atoms with van der Waals surface area (Å²) in [5, 5.41) is 0. The van der Waals surface area contributed by atoms with E-state index in [-0.39, 0.29) is 6.04 Å². The van der Waals surface area contributed by atoms with Crippen LogP contribution in [0.2, 0.25) is 0 Å². The van der Waals surface area contributed by atoms with Gasteiger partial charge in [-0.15, -0.1) is 0 Å². The first-order chi connectivity index (χ1) is 9.25. The van der Waals surface area contributed by atoms with Gasteiger partial charge in [0.25, 0.3) is 0 Å². The molecule has 3 nitrogen and oxygen atoms in total. The molecule has 0 bridgehead atoms. The molecule has 0 amide bonds. The Morgan fingerprint density at radius 2 is 1.74 bits per heavy atom. The molecule has 19 heavy (non-hydrogen) atoms. The molecule has 0 fully saturated rings. The Morgan fingerprint density at radius 3 is 2.53 bits per heavy atom. The van der Waals surface area contributed by atoms with E-state index in [1.165, 1.54) is 11.1 Å². The van der Waals surface area contributed by atoms with Gasteiger partial charge in [0.1, 0.15) is 0 Å². The minimum atomic E-state index is 0.244. The number of nitrogens with two attached hydrogens (primary N) is 1. The number of nitrogens with zero attached hydrogens (tertiary/aromatic N) is 2. The average Bonchev–Trinajstić information content (AvgIpc) is 2.45. The van der Waals surface area contributed by atoms with Gasteiger partial charge in [-0.05, 0) is 18.6 Å². The standard InChI is InChI=1S/C16H17N3/c1-12-14-9-5-6-10-15(14)18-16(17)19(12)11-13-7-3-2-4-8-13/h2-10,12H,11H2,1H3,(H2,17,18). The van der Waals surface area contributed by atoms with Crippen LogP contribution in [-0.4, -0.2) is 10.9 Å². The van der Waals surface area contributed by atoms with Crippen molar-refractivity contribution in [2.24, 2.45) is 10.7 Å². The highest BCUT2D eigenvalue weighted by Crippen LogP contribution is 2.34. The van der Waals surface area contributed by atoms with Crippen LogP contribution >= 0.6 is 0 Å². The summed E-state index contributed by atoms with van der Waals surface area (Å²) in [5.74, 6) is 0.593. The number of hydrogen-bond donors (Lipinski definition) is 1. The van der Waals surface area contributed by atoms with Crippen molar-refractivity contribution in [3.05, 3.63) is 65.7 Å². The summed E-state index contributed by atoms with van der Waals surface area (Å²) in [4.78, 5) is 6.63. The lowest BCUT2D eigenvalue weighted by Gasteiger charge is -2.34. The highest BCUT2D eigenvalue weighted by atomic mass is 15.3. The van der Waals surface area contributed by atoms with Crippen LogP contribution in [0.5, 0.6) is 0 Å². The maximum Gasteiger partial charge on any atom is 0.197 e. The zero-order valence-electron chi connectivity index (χ0n) is 11.0. The molecule has 2 aromatic carbocycles. The van der Waals surface area contributed by atoms with E-state index in [1.807, 2.05) is 36.4 Å². The normalized spacial score (nSPS) is 17.8. The van der Waals surface area contributed by atoms with Crippen LogP contribution < -0.4 is 5.73 Å². The van der Waals surface area contributed by atoms with E-state index in [4.69, 9.17) is 5.73 Å². The Kier molecular flexibility index (Phi) is 2.95. The van der Waals surface area contributed by atoms with E-state index in [0.29, 0.717) is 5.96 Å². The van der Waals surface area contributed by atoms with E-state index >= 15 is 0 Å². The van der Waals surface area contributed by atoms with E-state index in [0.717, 1.165) is 12.2 Å². The van der Waals surface area contributed by atoms with Gasteiger partial charge in [0.15, 0.2) is 5.96 Å². The maximum absolute atomic E-state index is 6.11. The third-order valence-corrected chi connectivity index (χ3v) is 3.58. The number of rotatable bonds is 2. The second-order valence-corrected chi connectivity index (χ2v) is 4.82. The first-order valence-corrected chi connectivity index (χ1v) is 6.49. The van der Waals surface area contributed by atoms with E-state index in [9.17, 15) is 0 Å². The Morgan fingerprint density at radius 1 is 1.05 bits per heavy atom. The van der Waals surface area contributed by atoms with Crippen LogP contribution in [0.15, 0.2) is 59.6 Å². The lowest BCUT2D eigenvalue weighted by atomic mass is 10.0. The van der Waals surface area contributed by atoms with Gasteiger partial charge in [-0.25, -0.2) is 4.99 Å². The lowest BCUT2D eigenvalue weighted by molar-refractivity contribution is 0.320. The summed E-state index contributed by atoms with van der Waals surface area (Å²) in [6.45, 7) is 2.95. The summed E-state index contributed by atoms with van der Waals surface area (Å²) in [6, 6.07) is 18.8. The molecule has 0 radical (unpaired) electrons. The number of guanidine groups is 1. The van der Waals surface area contributed by atoms with E-state index in [2.05, 4.69) is 35.0 Å². The van der Waals surface area contributed by atoms with Crippen LogP contribution in [0.4, 0.5) is 5.69 Å². The molecule has 1 heterocycles. The molecule has 2 N–H and O–H groups in total.